The van der Waals surface area contributed by atoms with Crippen LogP contribution in [0.15, 0.2) is 48.7 Å². The first-order valence-corrected chi connectivity index (χ1v) is 16.6. The molecule has 1 aromatic heterocycles. The Labute approximate surface area is 236 Å². The molecule has 2 fully saturated rings. The van der Waals surface area contributed by atoms with E-state index in [1.165, 1.54) is 31.2 Å². The van der Waals surface area contributed by atoms with Gasteiger partial charge in [0.1, 0.15) is 17.9 Å². The van der Waals surface area contributed by atoms with Crippen molar-refractivity contribution < 1.29 is 9.30 Å². The number of methoxy groups -OCH3 is 1. The van der Waals surface area contributed by atoms with Crippen molar-refractivity contribution in [2.24, 2.45) is 0 Å². The van der Waals surface area contributed by atoms with Crippen molar-refractivity contribution in [3.05, 3.63) is 59.2 Å². The Bertz CT molecular complexity index is 1360. The molecule has 2 aromatic carbocycles. The van der Waals surface area contributed by atoms with Gasteiger partial charge in [0.15, 0.2) is 5.82 Å². The zero-order valence-corrected chi connectivity index (χ0v) is 24.7. The van der Waals surface area contributed by atoms with Crippen molar-refractivity contribution in [1.29, 1.82) is 0 Å². The highest BCUT2D eigenvalue weighted by atomic mass is 35.5. The number of nitrogens with zero attached hydrogens (tertiary/aromatic N) is 2. The molecule has 2 aliphatic rings. The second kappa shape index (κ2) is 11.5. The van der Waals surface area contributed by atoms with Gasteiger partial charge >= 0.3 is 0 Å². The molecule has 0 amide bonds. The molecular weight excluding hydrogens is 531 g/mol. The third kappa shape index (κ3) is 6.41. The van der Waals surface area contributed by atoms with Crippen molar-refractivity contribution >= 4 is 47.2 Å². The highest BCUT2D eigenvalue weighted by molar-refractivity contribution is 7.70. The quantitative estimate of drug-likeness (QED) is 0.238. The van der Waals surface area contributed by atoms with Crippen LogP contribution in [-0.2, 0) is 4.57 Å². The van der Waals surface area contributed by atoms with E-state index in [1.54, 1.807) is 26.6 Å². The van der Waals surface area contributed by atoms with E-state index in [4.69, 9.17) is 16.3 Å². The van der Waals surface area contributed by atoms with Crippen LogP contribution in [0.2, 0.25) is 5.02 Å². The molecule has 10 heteroatoms. The number of para-hydroxylation sites is 1. The number of aromatic nitrogens is 2. The van der Waals surface area contributed by atoms with Gasteiger partial charge in [0, 0.05) is 16.9 Å². The number of rotatable bonds is 7. The number of hydrogen-bond donors (Lipinski definition) is 4. The van der Waals surface area contributed by atoms with Crippen molar-refractivity contribution in [2.75, 3.05) is 31.1 Å². The van der Waals surface area contributed by atoms with Crippen molar-refractivity contribution in [1.82, 2.24) is 20.8 Å². The Morgan fingerprint density at radius 2 is 1.79 bits per heavy atom. The van der Waals surface area contributed by atoms with Gasteiger partial charge in [-0.3, -0.25) is 10.9 Å². The van der Waals surface area contributed by atoms with Gasteiger partial charge in [-0.25, -0.2) is 4.98 Å². The first kappa shape index (κ1) is 27.9. The maximum atomic E-state index is 12.8. The zero-order valence-electron chi connectivity index (χ0n) is 23.1. The summed E-state index contributed by atoms with van der Waals surface area (Å²) in [5.41, 5.74) is 10.1. The number of halogens is 1. The number of ether oxygens (including phenoxy) is 1. The Morgan fingerprint density at radius 3 is 2.49 bits per heavy atom. The molecule has 2 heterocycles. The molecule has 1 saturated heterocycles. The summed E-state index contributed by atoms with van der Waals surface area (Å²) in [5.74, 6) is 2.07. The predicted molar refractivity (Wildman–Crippen MR) is 161 cm³/mol. The molecule has 3 aromatic rings. The summed E-state index contributed by atoms with van der Waals surface area (Å²) in [4.78, 5) is 8.97. The third-order valence-corrected chi connectivity index (χ3v) is 9.83. The molecule has 1 atom stereocenters. The summed E-state index contributed by atoms with van der Waals surface area (Å²) in [6.45, 7) is 5.72. The van der Waals surface area contributed by atoms with Crippen LogP contribution in [0.4, 0.5) is 23.1 Å². The fourth-order valence-corrected chi connectivity index (χ4v) is 6.95. The lowest BCUT2D eigenvalue weighted by molar-refractivity contribution is 0.125. The van der Waals surface area contributed by atoms with Crippen LogP contribution in [0, 0.1) is 0 Å². The molecule has 39 heavy (non-hydrogen) atoms. The normalized spacial score (nSPS) is 23.4. The monoisotopic (exact) mass is 568 g/mol. The van der Waals surface area contributed by atoms with Gasteiger partial charge < -0.3 is 19.9 Å². The Hall–Kier alpha value is -2.64. The van der Waals surface area contributed by atoms with E-state index in [1.807, 2.05) is 30.3 Å². The standard InChI is InChI=1S/C29H38ClN6O2P/c1-19-11-14-29(36-35-19)15-12-20(13-16-29)21-9-10-23(25(17-21)38-2)33-28-31-18-22(30)27(34-28)32-24-7-5-6-8-26(24)39(3,4)37/h5-10,17-20,35-36H,11-16H2,1-4H3,(H2,31,32,33,34). The number of benzene rings is 2. The topological polar surface area (TPSA) is 100 Å². The molecule has 5 rings (SSSR count). The maximum absolute atomic E-state index is 12.8. The Balaban J connectivity index is 1.30. The molecule has 1 aliphatic carbocycles. The highest BCUT2D eigenvalue weighted by Gasteiger charge is 2.38. The van der Waals surface area contributed by atoms with E-state index in [2.05, 4.69) is 50.5 Å². The molecule has 0 bridgehead atoms. The largest absolute Gasteiger partial charge is 0.495 e. The van der Waals surface area contributed by atoms with Gasteiger partial charge in [0.05, 0.1) is 24.7 Å². The second-order valence-electron chi connectivity index (χ2n) is 11.2. The van der Waals surface area contributed by atoms with Crippen LogP contribution >= 0.6 is 18.7 Å². The van der Waals surface area contributed by atoms with Gasteiger partial charge in [-0.2, -0.15) is 4.98 Å². The van der Waals surface area contributed by atoms with Crippen molar-refractivity contribution in [2.45, 2.75) is 62.9 Å². The van der Waals surface area contributed by atoms with Gasteiger partial charge in [0.2, 0.25) is 5.95 Å². The molecule has 1 saturated carbocycles. The highest BCUT2D eigenvalue weighted by Crippen LogP contribution is 2.43. The molecule has 1 unspecified atom stereocenters. The Kier molecular flexibility index (Phi) is 8.20. The van der Waals surface area contributed by atoms with Crippen LogP contribution in [0.25, 0.3) is 0 Å². The molecule has 1 spiro atoms. The van der Waals surface area contributed by atoms with Crippen molar-refractivity contribution in [3.8, 4) is 5.75 Å². The molecule has 8 nitrogen and oxygen atoms in total. The number of anilines is 4. The SMILES string of the molecule is COc1cc(C2CCC3(CCC(C)NN3)CC2)ccc1Nc1ncc(Cl)c(Nc2ccccc2P(C)(C)=O)n1. The minimum Gasteiger partial charge on any atom is -0.495 e. The Morgan fingerprint density at radius 1 is 1.05 bits per heavy atom. The lowest BCUT2D eigenvalue weighted by Crippen LogP contribution is -2.60. The van der Waals surface area contributed by atoms with E-state index >= 15 is 0 Å². The van der Waals surface area contributed by atoms with Crippen molar-refractivity contribution in [3.63, 3.8) is 0 Å². The van der Waals surface area contributed by atoms with E-state index in [0.29, 0.717) is 34.4 Å². The molecule has 208 valence electrons. The van der Waals surface area contributed by atoms with E-state index in [-0.39, 0.29) is 5.54 Å². The first-order chi connectivity index (χ1) is 18.7. The maximum Gasteiger partial charge on any atom is 0.229 e. The van der Waals surface area contributed by atoms with Gasteiger partial charge in [0.25, 0.3) is 0 Å². The average molecular weight is 569 g/mol. The van der Waals surface area contributed by atoms with E-state index in [0.717, 1.165) is 29.6 Å². The minimum atomic E-state index is -2.50. The van der Waals surface area contributed by atoms with Crippen LogP contribution in [0.3, 0.4) is 0 Å². The lowest BCUT2D eigenvalue weighted by atomic mass is 9.71. The second-order valence-corrected chi connectivity index (χ2v) is 14.8. The van der Waals surface area contributed by atoms with Crippen LogP contribution < -0.4 is 31.5 Å². The summed E-state index contributed by atoms with van der Waals surface area (Å²) < 4.78 is 18.5. The third-order valence-electron chi connectivity index (χ3n) is 8.01. The summed E-state index contributed by atoms with van der Waals surface area (Å²) in [6.07, 6.45) is 8.65. The van der Waals surface area contributed by atoms with E-state index < -0.39 is 7.14 Å². The predicted octanol–water partition coefficient (Wildman–Crippen LogP) is 6.55. The van der Waals surface area contributed by atoms with Crippen LogP contribution in [0.5, 0.6) is 5.75 Å². The summed E-state index contributed by atoms with van der Waals surface area (Å²) in [6, 6.07) is 14.4. The fraction of sp³-hybridized carbons (Fsp3) is 0.448. The van der Waals surface area contributed by atoms with Crippen LogP contribution in [-0.4, -0.2) is 42.0 Å². The molecule has 1 aliphatic heterocycles. The first-order valence-electron chi connectivity index (χ1n) is 13.6. The minimum absolute atomic E-state index is 0.234. The summed E-state index contributed by atoms with van der Waals surface area (Å²) in [7, 11) is -0.822. The fourth-order valence-electron chi connectivity index (χ4n) is 5.66. The van der Waals surface area contributed by atoms with Crippen LogP contribution in [0.1, 0.15) is 56.9 Å². The average Bonchev–Trinajstić information content (AvgIpc) is 2.93. The zero-order chi connectivity index (χ0) is 27.6. The summed E-state index contributed by atoms with van der Waals surface area (Å²) in [5, 5.41) is 7.64. The lowest BCUT2D eigenvalue weighted by Gasteiger charge is -2.45. The molecule has 4 N–H and O–H groups in total. The number of hydrazine groups is 1. The van der Waals surface area contributed by atoms with Gasteiger partial charge in [-0.05, 0) is 94.5 Å². The summed E-state index contributed by atoms with van der Waals surface area (Å²) >= 11 is 6.42. The number of hydrogen-bond acceptors (Lipinski definition) is 8. The van der Waals surface area contributed by atoms with E-state index in [9.17, 15) is 4.57 Å². The smallest absolute Gasteiger partial charge is 0.229 e. The number of nitrogens with one attached hydrogen (secondary N) is 4. The molecular formula is C29H38ClN6O2P. The van der Waals surface area contributed by atoms with Gasteiger partial charge in [-0.1, -0.05) is 29.8 Å². The molecule has 0 radical (unpaired) electrons. The van der Waals surface area contributed by atoms with Gasteiger partial charge in [-0.15, -0.1) is 0 Å².